The lowest BCUT2D eigenvalue weighted by molar-refractivity contribution is -0.140. The Labute approximate surface area is 95.0 Å². The van der Waals surface area contributed by atoms with E-state index in [2.05, 4.69) is 17.4 Å². The second kappa shape index (κ2) is 5.78. The van der Waals surface area contributed by atoms with E-state index in [-0.39, 0.29) is 12.0 Å². The van der Waals surface area contributed by atoms with Crippen LogP contribution in [0.25, 0.3) is 0 Å². The normalized spacial score (nSPS) is 14.3. The van der Waals surface area contributed by atoms with Crippen LogP contribution < -0.4 is 5.73 Å². The first-order valence-corrected chi connectivity index (χ1v) is 5.22. The molecule has 82 valence electrons. The highest BCUT2D eigenvalue weighted by molar-refractivity contribution is 7.81. The number of hydrogen-bond acceptors (Lipinski definition) is 4. The third kappa shape index (κ3) is 3.57. The summed E-state index contributed by atoms with van der Waals surface area (Å²) in [7, 11) is 1.33. The summed E-state index contributed by atoms with van der Waals surface area (Å²) < 4.78 is 4.58. The molecule has 0 spiro atoms. The van der Waals surface area contributed by atoms with Crippen LogP contribution in [0.15, 0.2) is 30.3 Å². The smallest absolute Gasteiger partial charge is 0.320 e. The minimum Gasteiger partial charge on any atom is -0.468 e. The van der Waals surface area contributed by atoms with Gasteiger partial charge in [-0.3, -0.25) is 4.79 Å². The highest BCUT2D eigenvalue weighted by atomic mass is 32.1. The number of methoxy groups -OCH3 is 1. The maximum absolute atomic E-state index is 11.2. The average Bonchev–Trinajstić information content (AvgIpc) is 2.28. The Kier molecular flexibility index (Phi) is 4.65. The van der Waals surface area contributed by atoms with Crippen LogP contribution in [0.5, 0.6) is 0 Å². The van der Waals surface area contributed by atoms with Crippen molar-refractivity contribution in [2.45, 2.75) is 17.7 Å². The van der Waals surface area contributed by atoms with Crippen LogP contribution in [-0.2, 0) is 16.0 Å². The predicted octanol–water partition coefficient (Wildman–Crippen LogP) is 1.03. The first-order chi connectivity index (χ1) is 7.15. The summed E-state index contributed by atoms with van der Waals surface area (Å²) in [6.07, 6.45) is 0.615. The molecule has 0 aliphatic rings. The quantitative estimate of drug-likeness (QED) is 0.594. The molecule has 0 radical (unpaired) electrons. The van der Waals surface area contributed by atoms with E-state index >= 15 is 0 Å². The molecule has 0 fully saturated rings. The molecule has 1 aromatic carbocycles. The molecule has 0 amide bonds. The minimum absolute atomic E-state index is 0.330. The maximum Gasteiger partial charge on any atom is 0.320 e. The Hall–Kier alpha value is -1.00. The zero-order chi connectivity index (χ0) is 11.3. The molecule has 0 unspecified atom stereocenters. The lowest BCUT2D eigenvalue weighted by atomic mass is 10.0. The number of ether oxygens (including phenoxy) is 1. The number of rotatable bonds is 4. The third-order valence-corrected chi connectivity index (χ3v) is 2.76. The fourth-order valence-electron chi connectivity index (χ4n) is 1.29. The van der Waals surface area contributed by atoms with E-state index in [1.54, 1.807) is 0 Å². The predicted molar refractivity (Wildman–Crippen MR) is 62.9 cm³/mol. The minimum atomic E-state index is -0.574. The summed E-state index contributed by atoms with van der Waals surface area (Å²) in [5.74, 6) is -0.387. The molecule has 1 rings (SSSR count). The van der Waals surface area contributed by atoms with Gasteiger partial charge in [0, 0.05) is 6.04 Å². The molecule has 2 N–H and O–H groups in total. The van der Waals surface area contributed by atoms with Crippen LogP contribution in [0.4, 0.5) is 0 Å². The molecule has 2 atom stereocenters. The number of thiol groups is 1. The summed E-state index contributed by atoms with van der Waals surface area (Å²) in [6.45, 7) is 0. The molecule has 1 aromatic rings. The van der Waals surface area contributed by atoms with Crippen molar-refractivity contribution in [3.8, 4) is 0 Å². The fourth-order valence-corrected chi connectivity index (χ4v) is 1.50. The van der Waals surface area contributed by atoms with Crippen LogP contribution in [0.3, 0.4) is 0 Å². The van der Waals surface area contributed by atoms with Gasteiger partial charge in [-0.25, -0.2) is 0 Å². The fraction of sp³-hybridized carbons (Fsp3) is 0.364. The SMILES string of the molecule is COC(=O)[C@@H](S)[C@@H](N)Cc1ccccc1. The van der Waals surface area contributed by atoms with Gasteiger partial charge in [-0.2, -0.15) is 12.6 Å². The second-order valence-corrected chi connectivity index (χ2v) is 3.88. The average molecular weight is 225 g/mol. The Morgan fingerprint density at radius 3 is 2.60 bits per heavy atom. The molecule has 4 heteroatoms. The van der Waals surface area contributed by atoms with E-state index in [0.717, 1.165) is 5.56 Å². The molecule has 3 nitrogen and oxygen atoms in total. The maximum atomic E-state index is 11.2. The highest BCUT2D eigenvalue weighted by Crippen LogP contribution is 2.09. The van der Waals surface area contributed by atoms with Gasteiger partial charge in [0.15, 0.2) is 0 Å². The molecule has 0 aliphatic heterocycles. The number of nitrogens with two attached hydrogens (primary N) is 1. The van der Waals surface area contributed by atoms with Crippen LogP contribution in [0.1, 0.15) is 5.56 Å². The standard InChI is InChI=1S/C11H15NO2S/c1-14-11(13)10(15)9(12)7-8-5-3-2-4-6-8/h2-6,9-10,15H,7,12H2,1H3/t9-,10-/m0/s1. The van der Waals surface area contributed by atoms with E-state index in [4.69, 9.17) is 5.73 Å². The molecule has 0 bridgehead atoms. The van der Waals surface area contributed by atoms with Crippen molar-refractivity contribution in [3.05, 3.63) is 35.9 Å². The largest absolute Gasteiger partial charge is 0.468 e. The van der Waals surface area contributed by atoms with Gasteiger partial charge in [0.25, 0.3) is 0 Å². The first kappa shape index (κ1) is 12.1. The van der Waals surface area contributed by atoms with Crippen molar-refractivity contribution in [1.29, 1.82) is 0 Å². The van der Waals surface area contributed by atoms with Crippen LogP contribution in [0, 0.1) is 0 Å². The van der Waals surface area contributed by atoms with Crippen molar-refractivity contribution < 1.29 is 9.53 Å². The monoisotopic (exact) mass is 225 g/mol. The van der Waals surface area contributed by atoms with Crippen molar-refractivity contribution in [3.63, 3.8) is 0 Å². The number of carbonyl (C=O) groups excluding carboxylic acids is 1. The van der Waals surface area contributed by atoms with Crippen molar-refractivity contribution in [2.24, 2.45) is 5.73 Å². The Morgan fingerprint density at radius 1 is 1.47 bits per heavy atom. The van der Waals surface area contributed by atoms with E-state index in [0.29, 0.717) is 6.42 Å². The summed E-state index contributed by atoms with van der Waals surface area (Å²) >= 11 is 4.13. The van der Waals surface area contributed by atoms with E-state index in [1.807, 2.05) is 30.3 Å². The van der Waals surface area contributed by atoms with Gasteiger partial charge in [-0.15, -0.1) is 0 Å². The zero-order valence-corrected chi connectivity index (χ0v) is 9.48. The topological polar surface area (TPSA) is 52.3 Å². The third-order valence-electron chi connectivity index (χ3n) is 2.16. The number of carbonyl (C=O) groups is 1. The van der Waals surface area contributed by atoms with Gasteiger partial charge in [0.05, 0.1) is 7.11 Å². The van der Waals surface area contributed by atoms with Crippen LogP contribution in [0.2, 0.25) is 0 Å². The molecular weight excluding hydrogens is 210 g/mol. The zero-order valence-electron chi connectivity index (χ0n) is 8.59. The van der Waals surface area contributed by atoms with Crippen LogP contribution >= 0.6 is 12.6 Å². The second-order valence-electron chi connectivity index (χ2n) is 3.32. The molecule has 0 aliphatic carbocycles. The van der Waals surface area contributed by atoms with Gasteiger partial charge >= 0.3 is 5.97 Å². The Balaban J connectivity index is 2.56. The van der Waals surface area contributed by atoms with Crippen molar-refractivity contribution >= 4 is 18.6 Å². The van der Waals surface area contributed by atoms with Gasteiger partial charge in [0.2, 0.25) is 0 Å². The lowest BCUT2D eigenvalue weighted by Crippen LogP contribution is -2.39. The molecule has 0 aromatic heterocycles. The molecular formula is C11H15NO2S. The Bertz CT molecular complexity index is 316. The molecule has 0 saturated heterocycles. The number of hydrogen-bond donors (Lipinski definition) is 2. The molecule has 0 heterocycles. The Morgan fingerprint density at radius 2 is 2.07 bits per heavy atom. The van der Waals surface area contributed by atoms with Gasteiger partial charge < -0.3 is 10.5 Å². The molecule has 15 heavy (non-hydrogen) atoms. The van der Waals surface area contributed by atoms with E-state index in [9.17, 15) is 4.79 Å². The number of benzene rings is 1. The van der Waals surface area contributed by atoms with Crippen molar-refractivity contribution in [2.75, 3.05) is 7.11 Å². The van der Waals surface area contributed by atoms with Crippen LogP contribution in [-0.4, -0.2) is 24.4 Å². The van der Waals surface area contributed by atoms with Gasteiger partial charge in [-0.05, 0) is 12.0 Å². The van der Waals surface area contributed by atoms with E-state index in [1.165, 1.54) is 7.11 Å². The first-order valence-electron chi connectivity index (χ1n) is 4.70. The van der Waals surface area contributed by atoms with Gasteiger partial charge in [-0.1, -0.05) is 30.3 Å². The number of esters is 1. The summed E-state index contributed by atoms with van der Waals surface area (Å²) in [5, 5.41) is -0.574. The molecule has 0 saturated carbocycles. The van der Waals surface area contributed by atoms with Gasteiger partial charge in [0.1, 0.15) is 5.25 Å². The summed E-state index contributed by atoms with van der Waals surface area (Å²) in [6, 6.07) is 9.42. The van der Waals surface area contributed by atoms with E-state index < -0.39 is 5.25 Å². The summed E-state index contributed by atoms with van der Waals surface area (Å²) in [4.78, 5) is 11.2. The highest BCUT2D eigenvalue weighted by Gasteiger charge is 2.22. The lowest BCUT2D eigenvalue weighted by Gasteiger charge is -2.16. The van der Waals surface area contributed by atoms with Crippen molar-refractivity contribution in [1.82, 2.24) is 0 Å². The summed E-state index contributed by atoms with van der Waals surface area (Å²) in [5.41, 5.74) is 6.94.